The van der Waals surface area contributed by atoms with Crippen LogP contribution in [-0.2, 0) is 16.1 Å². The Bertz CT molecular complexity index is 348. The van der Waals surface area contributed by atoms with E-state index in [1.54, 1.807) is 17.1 Å². The number of rotatable bonds is 6. The Morgan fingerprint density at radius 1 is 1.80 bits per heavy atom. The molecule has 15 heavy (non-hydrogen) atoms. The molecule has 0 spiro atoms. The molecule has 0 aliphatic rings. The molecule has 0 saturated carbocycles. The van der Waals surface area contributed by atoms with E-state index >= 15 is 0 Å². The highest BCUT2D eigenvalue weighted by atomic mass is 16.4. The van der Waals surface area contributed by atoms with Gasteiger partial charge in [0.25, 0.3) is 0 Å². The van der Waals surface area contributed by atoms with E-state index in [1.807, 2.05) is 6.92 Å². The van der Waals surface area contributed by atoms with Crippen molar-refractivity contribution in [2.24, 2.45) is 0 Å². The average Bonchev–Trinajstić information content (AvgIpc) is 2.64. The summed E-state index contributed by atoms with van der Waals surface area (Å²) in [5.41, 5.74) is 0.700. The van der Waals surface area contributed by atoms with Gasteiger partial charge < -0.3 is 10.4 Å². The Hall–Kier alpha value is -1.85. The van der Waals surface area contributed by atoms with Gasteiger partial charge in [0, 0.05) is 18.3 Å². The number of nitrogens with one attached hydrogen (secondary N) is 1. The summed E-state index contributed by atoms with van der Waals surface area (Å²) in [5, 5.41) is 15.1. The van der Waals surface area contributed by atoms with Gasteiger partial charge in [-0.1, -0.05) is 0 Å². The molecular formula is C9H13N3O3. The molecule has 1 atom stereocenters. The van der Waals surface area contributed by atoms with Crippen LogP contribution >= 0.6 is 0 Å². The van der Waals surface area contributed by atoms with Gasteiger partial charge in [0.15, 0.2) is 0 Å². The van der Waals surface area contributed by atoms with Crippen molar-refractivity contribution < 1.29 is 14.7 Å². The third-order valence-electron chi connectivity index (χ3n) is 2.03. The first-order chi connectivity index (χ1) is 7.17. The molecule has 1 heterocycles. The van der Waals surface area contributed by atoms with Gasteiger partial charge in [0.1, 0.15) is 0 Å². The SMILES string of the molecule is CCn1cc([C@@H](CC(=O)O)NC=O)cn1. The molecule has 6 heteroatoms. The van der Waals surface area contributed by atoms with Crippen molar-refractivity contribution in [3.63, 3.8) is 0 Å². The molecule has 0 aliphatic carbocycles. The first-order valence-corrected chi connectivity index (χ1v) is 4.61. The quantitative estimate of drug-likeness (QED) is 0.657. The summed E-state index contributed by atoms with van der Waals surface area (Å²) in [6, 6.07) is -0.514. The van der Waals surface area contributed by atoms with E-state index in [1.165, 1.54) is 0 Å². The predicted molar refractivity (Wildman–Crippen MR) is 52.1 cm³/mol. The normalized spacial score (nSPS) is 12.1. The molecule has 82 valence electrons. The number of carboxylic acids is 1. The van der Waals surface area contributed by atoms with Crippen LogP contribution in [0, 0.1) is 0 Å². The van der Waals surface area contributed by atoms with Gasteiger partial charge in [-0.15, -0.1) is 0 Å². The fraction of sp³-hybridized carbons (Fsp3) is 0.444. The summed E-state index contributed by atoms with van der Waals surface area (Å²) in [4.78, 5) is 20.9. The number of aromatic nitrogens is 2. The van der Waals surface area contributed by atoms with Crippen LogP contribution in [0.2, 0.25) is 0 Å². The highest BCUT2D eigenvalue weighted by molar-refractivity contribution is 5.68. The van der Waals surface area contributed by atoms with E-state index in [9.17, 15) is 9.59 Å². The fourth-order valence-electron chi connectivity index (χ4n) is 1.26. The Kier molecular flexibility index (Phi) is 3.84. The highest BCUT2D eigenvalue weighted by Gasteiger charge is 2.16. The van der Waals surface area contributed by atoms with Crippen molar-refractivity contribution in [3.05, 3.63) is 18.0 Å². The first kappa shape index (κ1) is 11.2. The van der Waals surface area contributed by atoms with Gasteiger partial charge in [-0.25, -0.2) is 0 Å². The smallest absolute Gasteiger partial charge is 0.305 e. The van der Waals surface area contributed by atoms with Crippen LogP contribution in [0.3, 0.4) is 0 Å². The molecule has 1 aromatic rings. The number of carbonyl (C=O) groups is 2. The summed E-state index contributed by atoms with van der Waals surface area (Å²) < 4.78 is 1.68. The number of nitrogens with zero attached hydrogens (tertiary/aromatic N) is 2. The van der Waals surface area contributed by atoms with E-state index < -0.39 is 12.0 Å². The Morgan fingerprint density at radius 2 is 2.53 bits per heavy atom. The number of aliphatic carboxylic acids is 1. The van der Waals surface area contributed by atoms with E-state index in [0.29, 0.717) is 18.5 Å². The summed E-state index contributed by atoms with van der Waals surface area (Å²) in [7, 11) is 0. The molecule has 0 aliphatic heterocycles. The molecule has 0 unspecified atom stereocenters. The Morgan fingerprint density at radius 3 is 3.00 bits per heavy atom. The van der Waals surface area contributed by atoms with E-state index in [0.717, 1.165) is 0 Å². The molecule has 0 bridgehead atoms. The van der Waals surface area contributed by atoms with Crippen molar-refractivity contribution in [1.29, 1.82) is 0 Å². The summed E-state index contributed by atoms with van der Waals surface area (Å²) >= 11 is 0. The number of hydrogen-bond donors (Lipinski definition) is 2. The van der Waals surface area contributed by atoms with Crippen LogP contribution in [0.5, 0.6) is 0 Å². The third-order valence-corrected chi connectivity index (χ3v) is 2.03. The Labute approximate surface area is 86.9 Å². The topological polar surface area (TPSA) is 84.2 Å². The lowest BCUT2D eigenvalue weighted by Gasteiger charge is -2.10. The van der Waals surface area contributed by atoms with Crippen LogP contribution in [0.1, 0.15) is 24.9 Å². The summed E-state index contributed by atoms with van der Waals surface area (Å²) in [6.45, 7) is 2.64. The lowest BCUT2D eigenvalue weighted by molar-refractivity contribution is -0.137. The van der Waals surface area contributed by atoms with Crippen molar-refractivity contribution >= 4 is 12.4 Å². The van der Waals surface area contributed by atoms with E-state index in [4.69, 9.17) is 5.11 Å². The number of carbonyl (C=O) groups excluding carboxylic acids is 1. The average molecular weight is 211 g/mol. The number of aryl methyl sites for hydroxylation is 1. The number of amides is 1. The minimum absolute atomic E-state index is 0.145. The standard InChI is InChI=1S/C9H13N3O3/c1-2-12-5-7(4-11-12)8(10-6-13)3-9(14)15/h4-6,8H,2-3H2,1H3,(H,10,13)(H,14,15)/t8-/m1/s1. The van der Waals surface area contributed by atoms with Gasteiger partial charge in [0.2, 0.25) is 6.41 Å². The van der Waals surface area contributed by atoms with Crippen LogP contribution in [0.4, 0.5) is 0 Å². The van der Waals surface area contributed by atoms with Gasteiger partial charge in [-0.2, -0.15) is 5.10 Å². The zero-order chi connectivity index (χ0) is 11.3. The molecule has 0 radical (unpaired) electrons. The minimum atomic E-state index is -0.960. The first-order valence-electron chi connectivity index (χ1n) is 4.61. The maximum Gasteiger partial charge on any atom is 0.305 e. The maximum absolute atomic E-state index is 10.6. The van der Waals surface area contributed by atoms with Crippen LogP contribution in [0.15, 0.2) is 12.4 Å². The van der Waals surface area contributed by atoms with Crippen molar-refractivity contribution in [2.45, 2.75) is 25.9 Å². The molecule has 1 amide bonds. The molecular weight excluding hydrogens is 198 g/mol. The second-order valence-electron chi connectivity index (χ2n) is 3.06. The molecule has 1 aromatic heterocycles. The lowest BCUT2D eigenvalue weighted by atomic mass is 10.1. The largest absolute Gasteiger partial charge is 0.481 e. The number of hydrogen-bond acceptors (Lipinski definition) is 3. The van der Waals surface area contributed by atoms with E-state index in [2.05, 4.69) is 10.4 Å². The predicted octanol–water partition coefficient (Wildman–Crippen LogP) is 0.165. The van der Waals surface area contributed by atoms with Gasteiger partial charge in [-0.3, -0.25) is 14.3 Å². The van der Waals surface area contributed by atoms with Crippen molar-refractivity contribution in [3.8, 4) is 0 Å². The second kappa shape index (κ2) is 5.14. The molecule has 2 N–H and O–H groups in total. The molecule has 0 saturated heterocycles. The molecule has 6 nitrogen and oxygen atoms in total. The van der Waals surface area contributed by atoms with Gasteiger partial charge in [-0.05, 0) is 6.92 Å². The third kappa shape index (κ3) is 3.08. The zero-order valence-corrected chi connectivity index (χ0v) is 8.38. The van der Waals surface area contributed by atoms with E-state index in [-0.39, 0.29) is 6.42 Å². The van der Waals surface area contributed by atoms with Gasteiger partial charge in [0.05, 0.1) is 18.7 Å². The monoisotopic (exact) mass is 211 g/mol. The van der Waals surface area contributed by atoms with Crippen LogP contribution in [-0.4, -0.2) is 27.3 Å². The summed E-state index contributed by atoms with van der Waals surface area (Å²) in [5.74, 6) is -0.960. The van der Waals surface area contributed by atoms with Gasteiger partial charge >= 0.3 is 5.97 Å². The number of carboxylic acid groups (broad SMARTS) is 1. The second-order valence-corrected chi connectivity index (χ2v) is 3.06. The fourth-order valence-corrected chi connectivity index (χ4v) is 1.26. The van der Waals surface area contributed by atoms with Crippen molar-refractivity contribution in [2.75, 3.05) is 0 Å². The summed E-state index contributed by atoms with van der Waals surface area (Å²) in [6.07, 6.45) is 3.64. The van der Waals surface area contributed by atoms with Crippen LogP contribution < -0.4 is 5.32 Å². The van der Waals surface area contributed by atoms with Crippen LogP contribution in [0.25, 0.3) is 0 Å². The highest BCUT2D eigenvalue weighted by Crippen LogP contribution is 2.15. The molecule has 0 aromatic carbocycles. The lowest BCUT2D eigenvalue weighted by Crippen LogP contribution is -2.22. The molecule has 0 fully saturated rings. The molecule has 1 rings (SSSR count). The zero-order valence-electron chi connectivity index (χ0n) is 8.38. The Balaban J connectivity index is 2.77. The maximum atomic E-state index is 10.6. The van der Waals surface area contributed by atoms with Crippen molar-refractivity contribution in [1.82, 2.24) is 15.1 Å². The minimum Gasteiger partial charge on any atom is -0.481 e.